The van der Waals surface area contributed by atoms with Crippen LogP contribution in [-0.4, -0.2) is 5.11 Å². The maximum absolute atomic E-state index is 5.99. The van der Waals surface area contributed by atoms with Crippen molar-refractivity contribution < 1.29 is 0 Å². The number of nitrogens with one attached hydrogen (secondary N) is 2. The largest absolute Gasteiger partial charge is 0.332 e. The third-order valence-electron chi connectivity index (χ3n) is 4.08. The van der Waals surface area contributed by atoms with E-state index in [1.165, 1.54) is 30.4 Å². The van der Waals surface area contributed by atoms with Crippen LogP contribution in [0.25, 0.3) is 0 Å². The first-order chi connectivity index (χ1) is 10.6. The van der Waals surface area contributed by atoms with Crippen LogP contribution in [0, 0.1) is 6.92 Å². The molecule has 2 aromatic carbocycles. The number of halogens is 1. The molecule has 0 unspecified atom stereocenters. The zero-order valence-corrected chi connectivity index (χ0v) is 14.2. The normalized spacial score (nSPS) is 13.4. The fourth-order valence-corrected chi connectivity index (χ4v) is 3.39. The third kappa shape index (κ3) is 3.42. The van der Waals surface area contributed by atoms with Crippen molar-refractivity contribution >= 4 is 40.3 Å². The Morgan fingerprint density at radius 1 is 1.05 bits per heavy atom. The quantitative estimate of drug-likeness (QED) is 0.727. The lowest BCUT2D eigenvalue weighted by Gasteiger charge is -2.21. The molecule has 2 aromatic rings. The fourth-order valence-electron chi connectivity index (χ4n) is 2.94. The van der Waals surface area contributed by atoms with Gasteiger partial charge in [-0.05, 0) is 85.8 Å². The average Bonchev–Trinajstić information content (AvgIpc) is 2.50. The van der Waals surface area contributed by atoms with E-state index < -0.39 is 0 Å². The number of anilines is 2. The summed E-state index contributed by atoms with van der Waals surface area (Å²) in [7, 11) is 0. The summed E-state index contributed by atoms with van der Waals surface area (Å²) >= 11 is 11.4. The molecule has 1 aliphatic rings. The average molecular weight is 331 g/mol. The molecule has 0 aromatic heterocycles. The van der Waals surface area contributed by atoms with Gasteiger partial charge >= 0.3 is 0 Å². The third-order valence-corrected chi connectivity index (χ3v) is 4.52. The van der Waals surface area contributed by atoms with Crippen molar-refractivity contribution in [1.29, 1.82) is 0 Å². The van der Waals surface area contributed by atoms with E-state index in [-0.39, 0.29) is 0 Å². The summed E-state index contributed by atoms with van der Waals surface area (Å²) in [5, 5.41) is 7.95. The SMILES string of the molecule is Cc1cc(Cl)ccc1NC(=S)Nc1cccc2c1CCCC2. The monoisotopic (exact) mass is 330 g/mol. The Morgan fingerprint density at radius 3 is 2.64 bits per heavy atom. The van der Waals surface area contributed by atoms with Crippen molar-refractivity contribution in [3.05, 3.63) is 58.1 Å². The standard InChI is InChI=1S/C18H19ClN2S/c1-12-11-14(19)9-10-16(12)20-18(22)21-17-8-4-6-13-5-2-3-7-15(13)17/h4,6,8-11H,2-3,5,7H2,1H3,(H2,20,21,22). The summed E-state index contributed by atoms with van der Waals surface area (Å²) < 4.78 is 0. The first-order valence-electron chi connectivity index (χ1n) is 7.58. The Bertz CT molecular complexity index is 712. The van der Waals surface area contributed by atoms with E-state index in [9.17, 15) is 0 Å². The van der Waals surface area contributed by atoms with Crippen LogP contribution >= 0.6 is 23.8 Å². The van der Waals surface area contributed by atoms with Gasteiger partial charge in [-0.25, -0.2) is 0 Å². The maximum Gasteiger partial charge on any atom is 0.175 e. The lowest BCUT2D eigenvalue weighted by molar-refractivity contribution is 0.687. The molecule has 4 heteroatoms. The van der Waals surface area contributed by atoms with E-state index in [2.05, 4.69) is 28.8 Å². The highest BCUT2D eigenvalue weighted by molar-refractivity contribution is 7.80. The van der Waals surface area contributed by atoms with E-state index >= 15 is 0 Å². The number of benzene rings is 2. The van der Waals surface area contributed by atoms with Crippen LogP contribution < -0.4 is 10.6 Å². The van der Waals surface area contributed by atoms with Gasteiger partial charge in [0.05, 0.1) is 0 Å². The van der Waals surface area contributed by atoms with Crippen molar-refractivity contribution in [1.82, 2.24) is 0 Å². The van der Waals surface area contributed by atoms with Crippen molar-refractivity contribution in [2.75, 3.05) is 10.6 Å². The van der Waals surface area contributed by atoms with Crippen LogP contribution in [0.15, 0.2) is 36.4 Å². The zero-order valence-electron chi connectivity index (χ0n) is 12.6. The summed E-state index contributed by atoms with van der Waals surface area (Å²) in [5.41, 5.74) is 6.03. The number of hydrogen-bond acceptors (Lipinski definition) is 1. The van der Waals surface area contributed by atoms with Gasteiger partial charge in [-0.3, -0.25) is 0 Å². The van der Waals surface area contributed by atoms with Gasteiger partial charge in [-0.15, -0.1) is 0 Å². The van der Waals surface area contributed by atoms with Crippen LogP contribution in [0.3, 0.4) is 0 Å². The molecular weight excluding hydrogens is 312 g/mol. The van der Waals surface area contributed by atoms with Crippen molar-refractivity contribution in [3.63, 3.8) is 0 Å². The van der Waals surface area contributed by atoms with Gasteiger partial charge in [0, 0.05) is 16.4 Å². The fraction of sp³-hybridized carbons (Fsp3) is 0.278. The molecule has 0 amide bonds. The molecule has 2 N–H and O–H groups in total. The van der Waals surface area contributed by atoms with Crippen molar-refractivity contribution in [3.8, 4) is 0 Å². The number of hydrogen-bond donors (Lipinski definition) is 2. The molecule has 0 bridgehead atoms. The lowest BCUT2D eigenvalue weighted by atomic mass is 9.90. The Hall–Kier alpha value is -1.58. The Balaban J connectivity index is 1.75. The first kappa shape index (κ1) is 15.3. The molecule has 114 valence electrons. The summed E-state index contributed by atoms with van der Waals surface area (Å²) in [5.74, 6) is 0. The molecule has 1 aliphatic carbocycles. The minimum Gasteiger partial charge on any atom is -0.332 e. The van der Waals surface area contributed by atoms with E-state index in [1.807, 2.05) is 25.1 Å². The van der Waals surface area contributed by atoms with Gasteiger partial charge in [0.2, 0.25) is 0 Å². The molecule has 0 spiro atoms. The highest BCUT2D eigenvalue weighted by Crippen LogP contribution is 2.28. The van der Waals surface area contributed by atoms with Gasteiger partial charge in [-0.2, -0.15) is 0 Å². The van der Waals surface area contributed by atoms with E-state index in [0.717, 1.165) is 28.4 Å². The summed E-state index contributed by atoms with van der Waals surface area (Å²) in [4.78, 5) is 0. The predicted molar refractivity (Wildman–Crippen MR) is 99.1 cm³/mol. The van der Waals surface area contributed by atoms with E-state index in [4.69, 9.17) is 23.8 Å². The van der Waals surface area contributed by atoms with Crippen LogP contribution in [0.5, 0.6) is 0 Å². The lowest BCUT2D eigenvalue weighted by Crippen LogP contribution is -2.21. The second-order valence-corrected chi connectivity index (χ2v) is 6.53. The molecule has 0 aliphatic heterocycles. The zero-order chi connectivity index (χ0) is 15.5. The van der Waals surface area contributed by atoms with Crippen LogP contribution in [-0.2, 0) is 12.8 Å². The number of thiocarbonyl (C=S) groups is 1. The molecule has 2 nitrogen and oxygen atoms in total. The minimum absolute atomic E-state index is 0.615. The Morgan fingerprint density at radius 2 is 1.82 bits per heavy atom. The van der Waals surface area contributed by atoms with Gasteiger partial charge in [0.15, 0.2) is 5.11 Å². The smallest absolute Gasteiger partial charge is 0.175 e. The van der Waals surface area contributed by atoms with Crippen molar-refractivity contribution in [2.24, 2.45) is 0 Å². The molecule has 0 fully saturated rings. The summed E-state index contributed by atoms with van der Waals surface area (Å²) in [6.07, 6.45) is 4.83. The highest BCUT2D eigenvalue weighted by atomic mass is 35.5. The molecule has 0 saturated carbocycles. The highest BCUT2D eigenvalue weighted by Gasteiger charge is 2.13. The Labute approximate surface area is 141 Å². The van der Waals surface area contributed by atoms with Crippen LogP contribution in [0.4, 0.5) is 11.4 Å². The molecule has 0 radical (unpaired) electrons. The van der Waals surface area contributed by atoms with Gasteiger partial charge in [-0.1, -0.05) is 23.7 Å². The van der Waals surface area contributed by atoms with Gasteiger partial charge in [0.25, 0.3) is 0 Å². The molecular formula is C18H19ClN2S. The van der Waals surface area contributed by atoms with Gasteiger partial charge in [0.1, 0.15) is 0 Å². The number of rotatable bonds is 2. The second kappa shape index (κ2) is 6.67. The van der Waals surface area contributed by atoms with Gasteiger partial charge < -0.3 is 10.6 Å². The number of aryl methyl sites for hydroxylation is 2. The van der Waals surface area contributed by atoms with Crippen LogP contribution in [0.1, 0.15) is 29.5 Å². The Kier molecular flexibility index (Phi) is 4.65. The first-order valence-corrected chi connectivity index (χ1v) is 8.37. The van der Waals surface area contributed by atoms with Crippen molar-refractivity contribution in [2.45, 2.75) is 32.6 Å². The molecule has 0 atom stereocenters. The summed E-state index contributed by atoms with van der Waals surface area (Å²) in [6.45, 7) is 2.02. The molecule has 0 saturated heterocycles. The van der Waals surface area contributed by atoms with E-state index in [0.29, 0.717) is 5.11 Å². The predicted octanol–water partition coefficient (Wildman–Crippen LogP) is 5.34. The minimum atomic E-state index is 0.615. The second-order valence-electron chi connectivity index (χ2n) is 5.69. The molecule has 3 rings (SSSR count). The van der Waals surface area contributed by atoms with E-state index in [1.54, 1.807) is 0 Å². The van der Waals surface area contributed by atoms with Crippen LogP contribution in [0.2, 0.25) is 5.02 Å². The number of fused-ring (bicyclic) bond motifs is 1. The molecule has 22 heavy (non-hydrogen) atoms. The molecule has 0 heterocycles. The summed E-state index contributed by atoms with van der Waals surface area (Å²) in [6, 6.07) is 12.2. The maximum atomic E-state index is 5.99. The topological polar surface area (TPSA) is 24.1 Å².